The quantitative estimate of drug-likeness (QED) is 0.892. The van der Waals surface area contributed by atoms with Crippen LogP contribution >= 0.6 is 0 Å². The third-order valence-electron chi connectivity index (χ3n) is 4.02. The van der Waals surface area contributed by atoms with Gasteiger partial charge in [-0.2, -0.15) is 0 Å². The van der Waals surface area contributed by atoms with Crippen molar-refractivity contribution >= 4 is 5.97 Å². The predicted octanol–water partition coefficient (Wildman–Crippen LogP) is 2.50. The van der Waals surface area contributed by atoms with Gasteiger partial charge in [-0.25, -0.2) is 0 Å². The first-order valence-corrected chi connectivity index (χ1v) is 7.26. The highest BCUT2D eigenvalue weighted by atomic mass is 16.5. The van der Waals surface area contributed by atoms with Crippen LogP contribution in [0.5, 0.6) is 11.5 Å². The van der Waals surface area contributed by atoms with E-state index in [1.165, 1.54) is 13.2 Å². The fraction of sp³-hybridized carbons (Fsp3) is 0.562. The monoisotopic (exact) mass is 293 g/mol. The van der Waals surface area contributed by atoms with Crippen LogP contribution in [0.25, 0.3) is 0 Å². The van der Waals surface area contributed by atoms with E-state index in [0.29, 0.717) is 23.1 Å². The summed E-state index contributed by atoms with van der Waals surface area (Å²) in [7, 11) is 1.46. The number of likely N-dealkylation sites (tertiary alicyclic amines) is 1. The number of methoxy groups -OCH3 is 1. The summed E-state index contributed by atoms with van der Waals surface area (Å²) < 4.78 is 5.08. The number of carboxylic acid groups (broad SMARTS) is 1. The molecule has 0 aromatic heterocycles. The molecule has 1 aliphatic heterocycles. The Morgan fingerprint density at radius 2 is 1.95 bits per heavy atom. The lowest BCUT2D eigenvalue weighted by atomic mass is 9.89. The van der Waals surface area contributed by atoms with Gasteiger partial charge in [0.1, 0.15) is 6.04 Å². The molecule has 1 aromatic rings. The minimum atomic E-state index is -0.871. The summed E-state index contributed by atoms with van der Waals surface area (Å²) in [5, 5.41) is 19.3. The number of hydrogen-bond acceptors (Lipinski definition) is 4. The van der Waals surface area contributed by atoms with E-state index in [9.17, 15) is 15.0 Å². The van der Waals surface area contributed by atoms with Crippen LogP contribution in [0, 0.1) is 11.8 Å². The second-order valence-corrected chi connectivity index (χ2v) is 6.07. The van der Waals surface area contributed by atoms with Crippen molar-refractivity contribution in [3.8, 4) is 11.5 Å². The molecule has 5 heteroatoms. The molecule has 21 heavy (non-hydrogen) atoms. The molecular weight excluding hydrogens is 270 g/mol. The Hall–Kier alpha value is -1.75. The van der Waals surface area contributed by atoms with Crippen molar-refractivity contribution in [2.45, 2.75) is 26.3 Å². The minimum Gasteiger partial charge on any atom is -0.504 e. The van der Waals surface area contributed by atoms with Gasteiger partial charge >= 0.3 is 5.97 Å². The van der Waals surface area contributed by atoms with Gasteiger partial charge in [-0.15, -0.1) is 0 Å². The molecule has 0 amide bonds. The summed E-state index contributed by atoms with van der Waals surface area (Å²) in [5.41, 5.74) is 0.637. The number of nitrogens with zero attached hydrogens (tertiary/aromatic N) is 1. The van der Waals surface area contributed by atoms with E-state index >= 15 is 0 Å². The van der Waals surface area contributed by atoms with Gasteiger partial charge in [0.15, 0.2) is 11.5 Å². The fourth-order valence-electron chi connectivity index (χ4n) is 3.30. The molecule has 1 aromatic carbocycles. The molecule has 0 saturated carbocycles. The van der Waals surface area contributed by atoms with Crippen LogP contribution in [0.1, 0.15) is 31.9 Å². The molecule has 1 heterocycles. The first-order chi connectivity index (χ1) is 9.92. The smallest absolute Gasteiger partial charge is 0.325 e. The van der Waals surface area contributed by atoms with Crippen LogP contribution in [-0.2, 0) is 4.79 Å². The number of phenolic OH excluding ortho intramolecular Hbond substituents is 1. The van der Waals surface area contributed by atoms with E-state index in [-0.39, 0.29) is 5.75 Å². The standard InChI is InChI=1S/C16H23NO4/c1-10-6-11(2)9-17(8-10)15(16(19)20)12-4-5-13(18)14(7-12)21-3/h4-5,7,10-11,15,18H,6,8-9H2,1-3H3,(H,19,20). The van der Waals surface area contributed by atoms with E-state index < -0.39 is 12.0 Å². The van der Waals surface area contributed by atoms with Gasteiger partial charge in [0.25, 0.3) is 0 Å². The number of phenols is 1. The molecule has 0 bridgehead atoms. The third-order valence-corrected chi connectivity index (χ3v) is 4.02. The summed E-state index contributed by atoms with van der Waals surface area (Å²) in [4.78, 5) is 13.8. The maximum Gasteiger partial charge on any atom is 0.325 e. The van der Waals surface area contributed by atoms with Crippen molar-refractivity contribution in [3.05, 3.63) is 23.8 Å². The Bertz CT molecular complexity index is 507. The lowest BCUT2D eigenvalue weighted by Crippen LogP contribution is -2.43. The predicted molar refractivity (Wildman–Crippen MR) is 79.6 cm³/mol. The topological polar surface area (TPSA) is 70.0 Å². The third kappa shape index (κ3) is 3.47. The molecule has 3 unspecified atom stereocenters. The van der Waals surface area contributed by atoms with Gasteiger partial charge in [-0.05, 0) is 36.0 Å². The zero-order chi connectivity index (χ0) is 15.6. The van der Waals surface area contributed by atoms with Crippen molar-refractivity contribution in [3.63, 3.8) is 0 Å². The van der Waals surface area contributed by atoms with Crippen molar-refractivity contribution in [1.29, 1.82) is 0 Å². The Morgan fingerprint density at radius 1 is 1.33 bits per heavy atom. The average molecular weight is 293 g/mol. The molecule has 116 valence electrons. The highest BCUT2D eigenvalue weighted by Gasteiger charge is 2.33. The lowest BCUT2D eigenvalue weighted by Gasteiger charge is -2.38. The molecule has 5 nitrogen and oxygen atoms in total. The lowest BCUT2D eigenvalue weighted by molar-refractivity contribution is -0.144. The Kier molecular flexibility index (Phi) is 4.73. The number of aromatic hydroxyl groups is 1. The Morgan fingerprint density at radius 3 is 2.48 bits per heavy atom. The van der Waals surface area contributed by atoms with Crippen LogP contribution < -0.4 is 4.74 Å². The van der Waals surface area contributed by atoms with Crippen LogP contribution in [0.4, 0.5) is 0 Å². The van der Waals surface area contributed by atoms with Crippen LogP contribution in [0.15, 0.2) is 18.2 Å². The van der Waals surface area contributed by atoms with E-state index in [1.54, 1.807) is 12.1 Å². The molecule has 0 aliphatic carbocycles. The number of carboxylic acids is 1. The second-order valence-electron chi connectivity index (χ2n) is 6.07. The van der Waals surface area contributed by atoms with Gasteiger partial charge in [-0.3, -0.25) is 9.69 Å². The number of carbonyl (C=O) groups is 1. The van der Waals surface area contributed by atoms with Gasteiger partial charge in [0.05, 0.1) is 7.11 Å². The van der Waals surface area contributed by atoms with Crippen LogP contribution in [0.2, 0.25) is 0 Å². The van der Waals surface area contributed by atoms with E-state index in [4.69, 9.17) is 4.74 Å². The van der Waals surface area contributed by atoms with Gasteiger partial charge in [-0.1, -0.05) is 19.9 Å². The number of ether oxygens (including phenoxy) is 1. The molecule has 1 saturated heterocycles. The van der Waals surface area contributed by atoms with Crippen molar-refractivity contribution in [2.24, 2.45) is 11.8 Å². The summed E-state index contributed by atoms with van der Waals surface area (Å²) in [6.07, 6.45) is 1.13. The summed E-state index contributed by atoms with van der Waals surface area (Å²) in [6.45, 7) is 5.84. The van der Waals surface area contributed by atoms with Crippen molar-refractivity contribution in [2.75, 3.05) is 20.2 Å². The fourth-order valence-corrected chi connectivity index (χ4v) is 3.30. The maximum absolute atomic E-state index is 11.8. The normalized spacial score (nSPS) is 24.5. The minimum absolute atomic E-state index is 0.0192. The van der Waals surface area contributed by atoms with Gasteiger partial charge in [0.2, 0.25) is 0 Å². The highest BCUT2D eigenvalue weighted by Crippen LogP contribution is 2.34. The van der Waals surface area contributed by atoms with E-state index in [0.717, 1.165) is 19.5 Å². The summed E-state index contributed by atoms with van der Waals surface area (Å²) >= 11 is 0. The van der Waals surface area contributed by atoms with Gasteiger partial charge in [0, 0.05) is 13.1 Å². The molecule has 0 radical (unpaired) electrons. The molecule has 3 atom stereocenters. The zero-order valence-corrected chi connectivity index (χ0v) is 12.7. The zero-order valence-electron chi connectivity index (χ0n) is 12.7. The number of rotatable bonds is 4. The van der Waals surface area contributed by atoms with E-state index in [1.807, 2.05) is 4.90 Å². The SMILES string of the molecule is COc1cc(C(C(=O)O)N2CC(C)CC(C)C2)ccc1O. The highest BCUT2D eigenvalue weighted by molar-refractivity contribution is 5.76. The van der Waals surface area contributed by atoms with Crippen LogP contribution in [-0.4, -0.2) is 41.3 Å². The average Bonchev–Trinajstić information content (AvgIpc) is 2.39. The van der Waals surface area contributed by atoms with E-state index in [2.05, 4.69) is 13.8 Å². The maximum atomic E-state index is 11.8. The number of piperidine rings is 1. The van der Waals surface area contributed by atoms with Crippen LogP contribution in [0.3, 0.4) is 0 Å². The second kappa shape index (κ2) is 6.35. The summed E-state index contributed by atoms with van der Waals surface area (Å²) in [6, 6.07) is 4.05. The number of aliphatic carboxylic acids is 1. The molecule has 1 fully saturated rings. The molecule has 0 spiro atoms. The Labute approximate surface area is 125 Å². The molecule has 2 rings (SSSR count). The van der Waals surface area contributed by atoms with Crippen molar-refractivity contribution in [1.82, 2.24) is 4.90 Å². The first-order valence-electron chi connectivity index (χ1n) is 7.26. The molecule has 1 aliphatic rings. The number of hydrogen-bond donors (Lipinski definition) is 2. The largest absolute Gasteiger partial charge is 0.504 e. The van der Waals surface area contributed by atoms with Crippen molar-refractivity contribution < 1.29 is 19.7 Å². The summed E-state index contributed by atoms with van der Waals surface area (Å²) in [5.74, 6) is 0.413. The molecular formula is C16H23NO4. The number of benzene rings is 1. The molecule has 2 N–H and O–H groups in total. The first kappa shape index (κ1) is 15.6. The van der Waals surface area contributed by atoms with Gasteiger partial charge < -0.3 is 14.9 Å². The Balaban J connectivity index is 2.32.